The second-order valence-electron chi connectivity index (χ2n) is 5.18. The fraction of sp³-hybridized carbons (Fsp3) is 0.538. The molecule has 1 aromatic rings. The number of sulfonamides is 1. The largest absolute Gasteiger partial charge is 0.506 e. The molecule has 0 aromatic heterocycles. The lowest BCUT2D eigenvalue weighted by molar-refractivity contribution is 0.472. The van der Waals surface area contributed by atoms with Crippen LogP contribution in [-0.4, -0.2) is 25.8 Å². The molecule has 1 aromatic carbocycles. The predicted molar refractivity (Wildman–Crippen MR) is 70.3 cm³/mol. The van der Waals surface area contributed by atoms with E-state index in [-0.39, 0.29) is 11.5 Å². The molecule has 1 fully saturated rings. The van der Waals surface area contributed by atoms with E-state index < -0.39 is 10.0 Å². The molecule has 0 spiro atoms. The quantitative estimate of drug-likeness (QED) is 0.909. The number of hydrogen-bond acceptors (Lipinski definition) is 3. The normalized spacial score (nSPS) is 19.7. The number of nitrogens with zero attached hydrogens (tertiary/aromatic N) is 1. The second kappa shape index (κ2) is 4.16. The van der Waals surface area contributed by atoms with Gasteiger partial charge in [0.25, 0.3) is 0 Å². The molecule has 0 radical (unpaired) electrons. The number of fused-ring (bicyclic) bond motifs is 1. The number of phenols is 1. The lowest BCUT2D eigenvalue weighted by Crippen LogP contribution is -2.37. The molecule has 0 unspecified atom stereocenters. The molecule has 1 N–H and O–H groups in total. The SMILES string of the molecule is O=S(=O)(CC1CC1)N1CCCc2cccc(O)c21. The Morgan fingerprint density at radius 3 is 2.83 bits per heavy atom. The number of para-hydroxylation sites is 1. The van der Waals surface area contributed by atoms with Crippen LogP contribution in [0.3, 0.4) is 0 Å². The average Bonchev–Trinajstić information content (AvgIpc) is 3.12. The third-order valence-electron chi connectivity index (χ3n) is 3.63. The number of benzene rings is 1. The molecule has 1 aliphatic heterocycles. The van der Waals surface area contributed by atoms with Crippen LogP contribution >= 0.6 is 0 Å². The standard InChI is InChI=1S/C13H17NO3S/c15-12-5-1-3-11-4-2-8-14(13(11)12)18(16,17)9-10-6-7-10/h1,3,5,10,15H,2,4,6-9H2. The van der Waals surface area contributed by atoms with Gasteiger partial charge < -0.3 is 5.11 Å². The van der Waals surface area contributed by atoms with Crippen LogP contribution in [0.5, 0.6) is 5.75 Å². The highest BCUT2D eigenvalue weighted by Crippen LogP contribution is 2.39. The van der Waals surface area contributed by atoms with Crippen LogP contribution in [0.1, 0.15) is 24.8 Å². The van der Waals surface area contributed by atoms with Gasteiger partial charge in [0.05, 0.1) is 11.4 Å². The Labute approximate surface area is 107 Å². The summed E-state index contributed by atoms with van der Waals surface area (Å²) >= 11 is 0. The smallest absolute Gasteiger partial charge is 0.235 e. The van der Waals surface area contributed by atoms with Gasteiger partial charge in [-0.05, 0) is 43.2 Å². The molecule has 1 aliphatic carbocycles. The van der Waals surface area contributed by atoms with Crippen LogP contribution in [0, 0.1) is 5.92 Å². The first-order chi connectivity index (χ1) is 8.58. The molecule has 5 heteroatoms. The van der Waals surface area contributed by atoms with Gasteiger partial charge in [0.1, 0.15) is 5.75 Å². The van der Waals surface area contributed by atoms with E-state index in [9.17, 15) is 13.5 Å². The van der Waals surface area contributed by atoms with Gasteiger partial charge in [0.2, 0.25) is 10.0 Å². The number of rotatable bonds is 3. The van der Waals surface area contributed by atoms with E-state index in [1.165, 1.54) is 4.31 Å². The lowest BCUT2D eigenvalue weighted by atomic mass is 10.0. The van der Waals surface area contributed by atoms with Crippen molar-refractivity contribution in [3.05, 3.63) is 23.8 Å². The van der Waals surface area contributed by atoms with E-state index in [2.05, 4.69) is 0 Å². The Balaban J connectivity index is 2.00. The minimum atomic E-state index is -3.28. The number of aryl methyl sites for hydroxylation is 1. The number of anilines is 1. The molecule has 0 atom stereocenters. The van der Waals surface area contributed by atoms with Crippen LogP contribution in [-0.2, 0) is 16.4 Å². The zero-order valence-corrected chi connectivity index (χ0v) is 11.0. The highest BCUT2D eigenvalue weighted by molar-refractivity contribution is 7.92. The molecule has 3 rings (SSSR count). The van der Waals surface area contributed by atoms with Crippen LogP contribution in [0.2, 0.25) is 0 Å². The van der Waals surface area contributed by atoms with Gasteiger partial charge in [-0.1, -0.05) is 12.1 Å². The molecule has 18 heavy (non-hydrogen) atoms. The van der Waals surface area contributed by atoms with Crippen molar-refractivity contribution in [2.45, 2.75) is 25.7 Å². The van der Waals surface area contributed by atoms with E-state index in [0.717, 1.165) is 31.2 Å². The van der Waals surface area contributed by atoms with E-state index in [4.69, 9.17) is 0 Å². The van der Waals surface area contributed by atoms with Crippen molar-refractivity contribution in [2.24, 2.45) is 5.92 Å². The highest BCUT2D eigenvalue weighted by Gasteiger charge is 2.35. The summed E-state index contributed by atoms with van der Waals surface area (Å²) in [6.07, 6.45) is 3.68. The molecule has 0 bridgehead atoms. The van der Waals surface area contributed by atoms with Crippen molar-refractivity contribution < 1.29 is 13.5 Å². The van der Waals surface area contributed by atoms with E-state index in [1.54, 1.807) is 12.1 Å². The van der Waals surface area contributed by atoms with Crippen LogP contribution < -0.4 is 4.31 Å². The Hall–Kier alpha value is -1.23. The summed E-state index contributed by atoms with van der Waals surface area (Å²) in [6, 6.07) is 5.23. The Morgan fingerprint density at radius 1 is 1.33 bits per heavy atom. The molecule has 1 saturated carbocycles. The summed E-state index contributed by atoms with van der Waals surface area (Å²) in [5.41, 5.74) is 1.44. The zero-order chi connectivity index (χ0) is 12.8. The molecular weight excluding hydrogens is 250 g/mol. The first-order valence-electron chi connectivity index (χ1n) is 6.39. The molecule has 1 heterocycles. The van der Waals surface area contributed by atoms with Gasteiger partial charge in [-0.15, -0.1) is 0 Å². The minimum Gasteiger partial charge on any atom is -0.506 e. The third kappa shape index (κ3) is 2.07. The van der Waals surface area contributed by atoms with Gasteiger partial charge in [0, 0.05) is 6.54 Å². The van der Waals surface area contributed by atoms with Gasteiger partial charge in [0.15, 0.2) is 0 Å². The topological polar surface area (TPSA) is 57.6 Å². The Kier molecular flexibility index (Phi) is 2.73. The van der Waals surface area contributed by atoms with E-state index in [1.807, 2.05) is 6.07 Å². The maximum Gasteiger partial charge on any atom is 0.235 e. The maximum atomic E-state index is 12.4. The first kappa shape index (κ1) is 11.8. The zero-order valence-electron chi connectivity index (χ0n) is 10.2. The van der Waals surface area contributed by atoms with Crippen molar-refractivity contribution in [3.8, 4) is 5.75 Å². The Morgan fingerprint density at radius 2 is 2.11 bits per heavy atom. The van der Waals surface area contributed by atoms with Crippen molar-refractivity contribution >= 4 is 15.7 Å². The summed E-state index contributed by atoms with van der Waals surface area (Å²) in [7, 11) is -3.28. The van der Waals surface area contributed by atoms with E-state index >= 15 is 0 Å². The molecule has 0 amide bonds. The van der Waals surface area contributed by atoms with Crippen LogP contribution in [0.4, 0.5) is 5.69 Å². The first-order valence-corrected chi connectivity index (χ1v) is 8.00. The average molecular weight is 267 g/mol. The highest BCUT2D eigenvalue weighted by atomic mass is 32.2. The van der Waals surface area contributed by atoms with Gasteiger partial charge in [-0.3, -0.25) is 4.31 Å². The molecule has 0 saturated heterocycles. The van der Waals surface area contributed by atoms with Crippen LogP contribution in [0.15, 0.2) is 18.2 Å². The summed E-state index contributed by atoms with van der Waals surface area (Å²) in [6.45, 7) is 0.486. The fourth-order valence-corrected chi connectivity index (χ4v) is 4.55. The minimum absolute atomic E-state index is 0.0755. The van der Waals surface area contributed by atoms with Gasteiger partial charge >= 0.3 is 0 Å². The van der Waals surface area contributed by atoms with Crippen molar-refractivity contribution in [1.82, 2.24) is 0 Å². The van der Waals surface area contributed by atoms with Crippen LogP contribution in [0.25, 0.3) is 0 Å². The van der Waals surface area contributed by atoms with Gasteiger partial charge in [-0.2, -0.15) is 0 Å². The maximum absolute atomic E-state index is 12.4. The summed E-state index contributed by atoms with van der Waals surface area (Å²) in [4.78, 5) is 0. The summed E-state index contributed by atoms with van der Waals surface area (Å²) < 4.78 is 26.1. The lowest BCUT2D eigenvalue weighted by Gasteiger charge is -2.31. The predicted octanol–water partition coefficient (Wildman–Crippen LogP) is 1.88. The molecular formula is C13H17NO3S. The monoisotopic (exact) mass is 267 g/mol. The van der Waals surface area contributed by atoms with Gasteiger partial charge in [-0.25, -0.2) is 8.42 Å². The number of aromatic hydroxyl groups is 1. The summed E-state index contributed by atoms with van der Waals surface area (Å²) in [5.74, 6) is 0.624. The number of phenolic OH excluding ortho intramolecular Hbond substituents is 1. The third-order valence-corrected chi connectivity index (χ3v) is 5.56. The molecule has 2 aliphatic rings. The molecule has 98 valence electrons. The fourth-order valence-electron chi connectivity index (χ4n) is 2.54. The molecule has 4 nitrogen and oxygen atoms in total. The van der Waals surface area contributed by atoms with Crippen molar-refractivity contribution in [1.29, 1.82) is 0 Å². The van der Waals surface area contributed by atoms with Crippen molar-refractivity contribution in [2.75, 3.05) is 16.6 Å². The Bertz CT molecular complexity index is 564. The summed E-state index contributed by atoms with van der Waals surface area (Å²) in [5, 5.41) is 9.93. The number of hydrogen-bond donors (Lipinski definition) is 1. The second-order valence-corrected chi connectivity index (χ2v) is 7.12. The van der Waals surface area contributed by atoms with Crippen molar-refractivity contribution in [3.63, 3.8) is 0 Å². The van der Waals surface area contributed by atoms with E-state index in [0.29, 0.717) is 18.2 Å².